The van der Waals surface area contributed by atoms with E-state index in [0.717, 1.165) is 0 Å². The largest absolute Gasteiger partial charge is 0.497 e. The molecule has 0 bridgehead atoms. The van der Waals surface area contributed by atoms with Crippen molar-refractivity contribution >= 4 is 44.8 Å². The number of rotatable bonds is 15. The van der Waals surface area contributed by atoms with Crippen molar-refractivity contribution in [1.82, 2.24) is 9.21 Å². The van der Waals surface area contributed by atoms with Crippen LogP contribution in [0.15, 0.2) is 71.6 Å². The lowest BCUT2D eigenvalue weighted by Gasteiger charge is -2.38. The first-order valence-electron chi connectivity index (χ1n) is 16.6. The number of anilines is 3. The maximum atomic E-state index is 13.8. The molecule has 0 fully saturated rings. The van der Waals surface area contributed by atoms with Gasteiger partial charge < -0.3 is 35.8 Å². The number of nitrogens with one attached hydrogen (secondary N) is 2. The minimum Gasteiger partial charge on any atom is -0.497 e. The van der Waals surface area contributed by atoms with Crippen molar-refractivity contribution in [3.05, 3.63) is 72.3 Å². The first-order chi connectivity index (χ1) is 23.8. The number of fused-ring (bicyclic) bond motifs is 1. The molecular formula is C36H47N5O8S. The second kappa shape index (κ2) is 17.3. The molecule has 3 aromatic carbocycles. The summed E-state index contributed by atoms with van der Waals surface area (Å²) in [6.45, 7) is 3.45. The quantitative estimate of drug-likeness (QED) is 0.132. The van der Waals surface area contributed by atoms with E-state index in [1.54, 1.807) is 66.4 Å². The number of hydrogen-bond donors (Lipinski definition) is 4. The molecule has 1 heterocycles. The highest BCUT2D eigenvalue weighted by atomic mass is 32.2. The summed E-state index contributed by atoms with van der Waals surface area (Å²) in [5.41, 5.74) is 7.40. The number of aliphatic hydroxyl groups is 1. The minimum atomic E-state index is -3.92. The summed E-state index contributed by atoms with van der Waals surface area (Å²) in [6.07, 6.45) is 1.45. The highest BCUT2D eigenvalue weighted by Gasteiger charge is 2.36. The molecular weight excluding hydrogens is 662 g/mol. The van der Waals surface area contributed by atoms with Crippen molar-refractivity contribution in [3.8, 4) is 11.5 Å². The van der Waals surface area contributed by atoms with E-state index >= 15 is 0 Å². The maximum absolute atomic E-state index is 13.8. The van der Waals surface area contributed by atoms with Crippen LogP contribution in [0.3, 0.4) is 0 Å². The molecule has 3 atom stereocenters. The molecule has 1 aliphatic heterocycles. The van der Waals surface area contributed by atoms with E-state index in [9.17, 15) is 27.9 Å². The third-order valence-electron chi connectivity index (χ3n) is 8.71. The topological polar surface area (TPSA) is 181 Å². The molecule has 0 aromatic heterocycles. The monoisotopic (exact) mass is 709 g/mol. The number of methoxy groups -OCH3 is 1. The first kappa shape index (κ1) is 38.1. The highest BCUT2D eigenvalue weighted by Crippen LogP contribution is 2.35. The number of nitrogens with two attached hydrogens (primary N) is 1. The van der Waals surface area contributed by atoms with Gasteiger partial charge >= 0.3 is 0 Å². The minimum absolute atomic E-state index is 0.0583. The number of unbranched alkanes of at least 4 members (excludes halogenated alkanes) is 2. The fourth-order valence-corrected chi connectivity index (χ4v) is 6.81. The average Bonchev–Trinajstić information content (AvgIpc) is 3.10. The van der Waals surface area contributed by atoms with Gasteiger partial charge in [0.1, 0.15) is 11.9 Å². The van der Waals surface area contributed by atoms with E-state index < -0.39 is 22.2 Å². The van der Waals surface area contributed by atoms with Crippen LogP contribution in [0.5, 0.6) is 11.5 Å². The Balaban J connectivity index is 1.47. The van der Waals surface area contributed by atoms with Crippen LogP contribution in [0, 0.1) is 5.92 Å². The molecule has 0 spiro atoms. The van der Waals surface area contributed by atoms with Crippen molar-refractivity contribution < 1.29 is 37.4 Å². The summed E-state index contributed by atoms with van der Waals surface area (Å²) in [5.74, 6) is -0.554. The Bertz CT molecular complexity index is 1750. The molecule has 1 aliphatic rings. The summed E-state index contributed by atoms with van der Waals surface area (Å²) in [5, 5.41) is 15.6. The molecule has 5 N–H and O–H groups in total. The summed E-state index contributed by atoms with van der Waals surface area (Å²) in [4.78, 5) is 40.9. The van der Waals surface area contributed by atoms with Crippen LogP contribution in [-0.4, -0.2) is 86.5 Å². The molecule has 0 unspecified atom stereocenters. The molecule has 0 aliphatic carbocycles. The second-order valence-electron chi connectivity index (χ2n) is 12.5. The van der Waals surface area contributed by atoms with E-state index in [2.05, 4.69) is 10.6 Å². The van der Waals surface area contributed by atoms with Crippen molar-refractivity contribution in [2.45, 2.75) is 63.0 Å². The molecule has 14 heteroatoms. The van der Waals surface area contributed by atoms with E-state index in [1.165, 1.54) is 30.6 Å². The predicted molar refractivity (Wildman–Crippen MR) is 192 cm³/mol. The van der Waals surface area contributed by atoms with Crippen LogP contribution < -0.4 is 25.8 Å². The van der Waals surface area contributed by atoms with Crippen molar-refractivity contribution in [2.24, 2.45) is 5.92 Å². The van der Waals surface area contributed by atoms with Gasteiger partial charge in [0.05, 0.1) is 53.8 Å². The van der Waals surface area contributed by atoms with Crippen LogP contribution in [0.4, 0.5) is 17.1 Å². The van der Waals surface area contributed by atoms with E-state index in [-0.39, 0.29) is 78.1 Å². The molecule has 3 amide bonds. The lowest BCUT2D eigenvalue weighted by molar-refractivity contribution is -0.116. The van der Waals surface area contributed by atoms with Crippen molar-refractivity contribution in [1.29, 1.82) is 0 Å². The molecule has 3 aromatic rings. The summed E-state index contributed by atoms with van der Waals surface area (Å²) in [6, 6.07) is 17.4. The Morgan fingerprint density at radius 3 is 2.24 bits per heavy atom. The molecule has 50 heavy (non-hydrogen) atoms. The number of likely N-dealkylation sites (N-methyl/N-ethyl adjacent to an activating group) is 1. The van der Waals surface area contributed by atoms with E-state index in [4.69, 9.17) is 15.2 Å². The Morgan fingerprint density at radius 2 is 1.62 bits per heavy atom. The summed E-state index contributed by atoms with van der Waals surface area (Å²) >= 11 is 0. The van der Waals surface area contributed by atoms with Crippen LogP contribution >= 0.6 is 0 Å². The zero-order valence-corrected chi connectivity index (χ0v) is 29.7. The van der Waals surface area contributed by atoms with Gasteiger partial charge in [0.2, 0.25) is 21.8 Å². The van der Waals surface area contributed by atoms with Gasteiger partial charge in [0, 0.05) is 32.4 Å². The van der Waals surface area contributed by atoms with Gasteiger partial charge in [0.15, 0.2) is 5.75 Å². The Hall–Kier alpha value is -4.66. The van der Waals surface area contributed by atoms with E-state index in [0.29, 0.717) is 36.4 Å². The number of carbonyl (C=O) groups excluding carboxylic acids is 3. The number of sulfonamides is 1. The van der Waals surface area contributed by atoms with Crippen molar-refractivity contribution in [2.75, 3.05) is 50.2 Å². The zero-order chi connectivity index (χ0) is 36.4. The maximum Gasteiger partial charge on any atom is 0.258 e. The highest BCUT2D eigenvalue weighted by molar-refractivity contribution is 7.89. The Morgan fingerprint density at radius 1 is 1.00 bits per heavy atom. The zero-order valence-electron chi connectivity index (χ0n) is 28.9. The first-order valence-corrected chi connectivity index (χ1v) is 18.1. The molecule has 4 rings (SSSR count). The smallest absolute Gasteiger partial charge is 0.258 e. The third kappa shape index (κ3) is 9.52. The lowest BCUT2D eigenvalue weighted by Crippen LogP contribution is -2.50. The number of amides is 3. The van der Waals surface area contributed by atoms with Gasteiger partial charge in [-0.15, -0.1) is 0 Å². The lowest BCUT2D eigenvalue weighted by atomic mass is 9.99. The van der Waals surface area contributed by atoms with Gasteiger partial charge in [0.25, 0.3) is 5.91 Å². The standard InChI is InChI=1S/C36H47N5O8S/c1-24-21-41(25(2)23-42)36(45)28-11-10-14-31(39-34(44)16-7-5-6-15-33(43)38-30-13-9-8-12-29(30)37)35(28)49-32(24)22-40(3)50(46,47)27-19-17-26(48-4)18-20-27/h8-14,17-20,24-25,32,42H,5-7,15-16,21-23,37H2,1-4H3,(H,38,43)(H,39,44)/t24-,25-,32-/m0/s1. The average molecular weight is 710 g/mol. The summed E-state index contributed by atoms with van der Waals surface area (Å²) in [7, 11) is -0.963. The normalized spacial score (nSPS) is 16.8. The van der Waals surface area contributed by atoms with Gasteiger partial charge in [-0.25, -0.2) is 8.42 Å². The number of carbonyl (C=O) groups is 3. The number of nitrogen functional groups attached to an aromatic ring is 1. The van der Waals surface area contributed by atoms with Gasteiger partial charge in [-0.2, -0.15) is 4.31 Å². The number of nitrogens with zero attached hydrogens (tertiary/aromatic N) is 2. The van der Waals surface area contributed by atoms with Crippen LogP contribution in [0.25, 0.3) is 0 Å². The molecule has 270 valence electrons. The van der Waals surface area contributed by atoms with Gasteiger partial charge in [-0.3, -0.25) is 14.4 Å². The molecule has 0 saturated carbocycles. The number of benzene rings is 3. The Kier molecular flexibility index (Phi) is 13.2. The van der Waals surface area contributed by atoms with E-state index in [1.807, 2.05) is 6.92 Å². The Labute approximate surface area is 293 Å². The SMILES string of the molecule is COc1ccc(S(=O)(=O)N(C)C[C@@H]2Oc3c(NC(=O)CCCCCC(=O)Nc4ccccc4N)cccc3C(=O)N([C@@H](C)CO)C[C@@H]2C)cc1. The third-order valence-corrected chi connectivity index (χ3v) is 10.6. The van der Waals surface area contributed by atoms with Gasteiger partial charge in [-0.05, 0) is 68.3 Å². The fraction of sp³-hybridized carbons (Fsp3) is 0.417. The molecule has 0 saturated heterocycles. The molecule has 13 nitrogen and oxygen atoms in total. The van der Waals surface area contributed by atoms with Crippen LogP contribution in [0.1, 0.15) is 56.3 Å². The predicted octanol–water partition coefficient (Wildman–Crippen LogP) is 4.35. The van der Waals surface area contributed by atoms with Crippen LogP contribution in [0.2, 0.25) is 0 Å². The molecule has 0 radical (unpaired) electrons. The van der Waals surface area contributed by atoms with Gasteiger partial charge in [-0.1, -0.05) is 31.5 Å². The number of para-hydroxylation sites is 3. The number of ether oxygens (including phenoxy) is 2. The number of aliphatic hydroxyl groups excluding tert-OH is 1. The van der Waals surface area contributed by atoms with Crippen molar-refractivity contribution in [3.63, 3.8) is 0 Å². The second-order valence-corrected chi connectivity index (χ2v) is 14.6. The van der Waals surface area contributed by atoms with Crippen LogP contribution in [-0.2, 0) is 19.6 Å². The fourth-order valence-electron chi connectivity index (χ4n) is 5.62. The summed E-state index contributed by atoms with van der Waals surface area (Å²) < 4.78 is 39.9. The number of hydrogen-bond acceptors (Lipinski definition) is 9.